The lowest BCUT2D eigenvalue weighted by Gasteiger charge is -2.37. The van der Waals surface area contributed by atoms with Crippen LogP contribution in [0.15, 0.2) is 18.2 Å². The molecule has 0 aromatic carbocycles. The number of rotatable bonds is 4. The predicted molar refractivity (Wildman–Crippen MR) is 112 cm³/mol. The SMILES string of the molecule is CC1c2cccc(n2)C(C)N(CC(=O)O)CCN2CCN(CC2)CCN1CC(=O)O. The summed E-state index contributed by atoms with van der Waals surface area (Å²) in [6, 6.07) is 5.48. The molecule has 4 rings (SSSR count). The fourth-order valence-corrected chi connectivity index (χ4v) is 4.25. The third-order valence-electron chi connectivity index (χ3n) is 6.29. The van der Waals surface area contributed by atoms with Gasteiger partial charge in [0.05, 0.1) is 24.5 Å². The van der Waals surface area contributed by atoms with Crippen molar-refractivity contribution in [3.05, 3.63) is 29.6 Å². The van der Waals surface area contributed by atoms with Crippen LogP contribution in [0.1, 0.15) is 37.3 Å². The van der Waals surface area contributed by atoms with Crippen molar-refractivity contribution in [1.29, 1.82) is 0 Å². The van der Waals surface area contributed by atoms with Crippen LogP contribution in [0.3, 0.4) is 0 Å². The van der Waals surface area contributed by atoms with E-state index in [1.807, 2.05) is 41.8 Å². The molecular formula is C21H33N5O4. The van der Waals surface area contributed by atoms with Gasteiger partial charge in [-0.1, -0.05) is 6.07 Å². The van der Waals surface area contributed by atoms with Crippen LogP contribution in [-0.2, 0) is 9.59 Å². The molecule has 1 fully saturated rings. The molecule has 4 heterocycles. The van der Waals surface area contributed by atoms with E-state index in [1.54, 1.807) is 0 Å². The lowest BCUT2D eigenvalue weighted by atomic mass is 10.1. The van der Waals surface area contributed by atoms with Gasteiger partial charge in [0, 0.05) is 64.4 Å². The molecule has 0 spiro atoms. The Hall–Kier alpha value is -2.07. The third kappa shape index (κ3) is 5.98. The first-order valence-electron chi connectivity index (χ1n) is 10.7. The first kappa shape index (κ1) is 22.6. The van der Waals surface area contributed by atoms with E-state index in [2.05, 4.69) is 9.80 Å². The number of aromatic nitrogens is 1. The van der Waals surface area contributed by atoms with E-state index in [1.165, 1.54) is 0 Å². The van der Waals surface area contributed by atoms with Gasteiger partial charge in [0.2, 0.25) is 0 Å². The van der Waals surface area contributed by atoms with Crippen molar-refractivity contribution in [3.63, 3.8) is 0 Å². The molecule has 3 aliphatic heterocycles. The fourth-order valence-electron chi connectivity index (χ4n) is 4.25. The van der Waals surface area contributed by atoms with Gasteiger partial charge in [0.25, 0.3) is 0 Å². The van der Waals surface area contributed by atoms with E-state index in [4.69, 9.17) is 4.98 Å². The Balaban J connectivity index is 1.91. The van der Waals surface area contributed by atoms with Crippen molar-refractivity contribution in [2.24, 2.45) is 0 Å². The molecule has 0 aliphatic carbocycles. The Bertz CT molecular complexity index is 681. The summed E-state index contributed by atoms with van der Waals surface area (Å²) < 4.78 is 0. The molecule has 1 aromatic heterocycles. The highest BCUT2D eigenvalue weighted by molar-refractivity contribution is 5.69. The molecule has 0 radical (unpaired) electrons. The number of aliphatic carboxylic acids is 2. The minimum absolute atomic E-state index is 0.0340. The van der Waals surface area contributed by atoms with Gasteiger partial charge in [-0.15, -0.1) is 0 Å². The van der Waals surface area contributed by atoms with Crippen LogP contribution >= 0.6 is 0 Å². The van der Waals surface area contributed by atoms with Gasteiger partial charge < -0.3 is 10.2 Å². The van der Waals surface area contributed by atoms with Crippen LogP contribution in [0, 0.1) is 0 Å². The molecule has 4 bridgehead atoms. The predicted octanol–water partition coefficient (Wildman–Crippen LogP) is 0.608. The highest BCUT2D eigenvalue weighted by atomic mass is 16.4. The van der Waals surface area contributed by atoms with E-state index in [9.17, 15) is 19.8 Å². The summed E-state index contributed by atoms with van der Waals surface area (Å²) >= 11 is 0. The number of carboxylic acid groups (broad SMARTS) is 2. The second-order valence-electron chi connectivity index (χ2n) is 8.25. The molecule has 0 saturated carbocycles. The molecule has 2 unspecified atom stereocenters. The van der Waals surface area contributed by atoms with Gasteiger partial charge >= 0.3 is 11.9 Å². The molecule has 9 nitrogen and oxygen atoms in total. The Kier molecular flexibility index (Phi) is 7.76. The maximum Gasteiger partial charge on any atom is 0.317 e. The molecule has 2 atom stereocenters. The number of nitrogens with zero attached hydrogens (tertiary/aromatic N) is 5. The molecule has 9 heteroatoms. The third-order valence-corrected chi connectivity index (χ3v) is 6.29. The minimum Gasteiger partial charge on any atom is -0.480 e. The highest BCUT2D eigenvalue weighted by Gasteiger charge is 2.26. The summed E-state index contributed by atoms with van der Waals surface area (Å²) in [5.41, 5.74) is 1.63. The zero-order valence-corrected chi connectivity index (χ0v) is 17.9. The number of hydrogen-bond donors (Lipinski definition) is 2. The molecule has 1 saturated heterocycles. The summed E-state index contributed by atoms with van der Waals surface area (Å²) in [5, 5.41) is 18.8. The lowest BCUT2D eigenvalue weighted by Crippen LogP contribution is -2.50. The van der Waals surface area contributed by atoms with Crippen LogP contribution in [-0.4, -0.2) is 112 Å². The summed E-state index contributed by atoms with van der Waals surface area (Å²) in [6.07, 6.45) is 0. The minimum atomic E-state index is -0.846. The van der Waals surface area contributed by atoms with E-state index in [0.717, 1.165) is 50.7 Å². The Morgan fingerprint density at radius 1 is 0.800 bits per heavy atom. The van der Waals surface area contributed by atoms with Crippen LogP contribution in [0.5, 0.6) is 0 Å². The second-order valence-corrected chi connectivity index (χ2v) is 8.25. The smallest absolute Gasteiger partial charge is 0.317 e. The average molecular weight is 420 g/mol. The van der Waals surface area contributed by atoms with E-state index in [0.29, 0.717) is 13.1 Å². The summed E-state index contributed by atoms with van der Waals surface area (Å²) in [5.74, 6) is -1.69. The molecule has 0 amide bonds. The summed E-state index contributed by atoms with van der Waals surface area (Å²) in [4.78, 5) is 36.4. The molecule has 1 aromatic rings. The molecule has 3 aliphatic rings. The van der Waals surface area contributed by atoms with Crippen molar-refractivity contribution >= 4 is 11.9 Å². The first-order chi connectivity index (χ1) is 14.3. The average Bonchev–Trinajstić information content (AvgIpc) is 2.73. The van der Waals surface area contributed by atoms with Gasteiger partial charge in [0.15, 0.2) is 0 Å². The fraction of sp³-hybridized carbons (Fsp3) is 0.667. The van der Waals surface area contributed by atoms with E-state index >= 15 is 0 Å². The van der Waals surface area contributed by atoms with Gasteiger partial charge in [-0.3, -0.25) is 34.2 Å². The van der Waals surface area contributed by atoms with Crippen molar-refractivity contribution in [1.82, 2.24) is 24.6 Å². The van der Waals surface area contributed by atoms with Crippen LogP contribution in [0.25, 0.3) is 0 Å². The number of fused-ring (bicyclic) bond motifs is 8. The van der Waals surface area contributed by atoms with Crippen molar-refractivity contribution in [2.45, 2.75) is 25.9 Å². The van der Waals surface area contributed by atoms with Crippen LogP contribution < -0.4 is 0 Å². The molecular weight excluding hydrogens is 386 g/mol. The van der Waals surface area contributed by atoms with Gasteiger partial charge in [-0.2, -0.15) is 0 Å². The maximum absolute atomic E-state index is 11.5. The van der Waals surface area contributed by atoms with Crippen molar-refractivity contribution in [3.8, 4) is 0 Å². The summed E-state index contributed by atoms with van der Waals surface area (Å²) in [6.45, 7) is 10.7. The lowest BCUT2D eigenvalue weighted by molar-refractivity contribution is -0.140. The van der Waals surface area contributed by atoms with Crippen LogP contribution in [0.2, 0.25) is 0 Å². The second kappa shape index (κ2) is 10.3. The van der Waals surface area contributed by atoms with Crippen LogP contribution in [0.4, 0.5) is 0 Å². The standard InChI is InChI=1S/C21H33N5O4/c1-16-18-4-3-5-19(22-18)17(2)26(15-21(29)30)13-11-24-8-6-23(7-9-24)10-12-25(16)14-20(27)28/h3-5,16-17H,6-15H2,1-2H3,(H,27,28)(H,29,30). The van der Waals surface area contributed by atoms with Gasteiger partial charge in [-0.05, 0) is 26.0 Å². The van der Waals surface area contributed by atoms with Crippen molar-refractivity contribution in [2.75, 3.05) is 65.4 Å². The number of piperazine rings is 1. The molecule has 30 heavy (non-hydrogen) atoms. The quantitative estimate of drug-likeness (QED) is 0.727. The molecule has 166 valence electrons. The summed E-state index contributed by atoms with van der Waals surface area (Å²) in [7, 11) is 0. The Morgan fingerprint density at radius 3 is 1.53 bits per heavy atom. The zero-order valence-electron chi connectivity index (χ0n) is 17.9. The normalized spacial score (nSPS) is 29.1. The van der Waals surface area contributed by atoms with Gasteiger partial charge in [-0.25, -0.2) is 0 Å². The topological polar surface area (TPSA) is 100 Å². The number of carbonyl (C=O) groups is 2. The van der Waals surface area contributed by atoms with Crippen molar-refractivity contribution < 1.29 is 19.8 Å². The first-order valence-corrected chi connectivity index (χ1v) is 10.7. The Labute approximate surface area is 177 Å². The Morgan fingerprint density at radius 2 is 1.17 bits per heavy atom. The largest absolute Gasteiger partial charge is 0.480 e. The molecule has 2 N–H and O–H groups in total. The monoisotopic (exact) mass is 419 g/mol. The number of pyridine rings is 1. The van der Waals surface area contributed by atoms with E-state index < -0.39 is 11.9 Å². The maximum atomic E-state index is 11.5. The van der Waals surface area contributed by atoms with E-state index in [-0.39, 0.29) is 25.2 Å². The number of carboxylic acids is 2. The highest BCUT2D eigenvalue weighted by Crippen LogP contribution is 2.23. The number of hydrogen-bond acceptors (Lipinski definition) is 7. The zero-order chi connectivity index (χ0) is 21.7. The van der Waals surface area contributed by atoms with Gasteiger partial charge in [0.1, 0.15) is 0 Å².